The Labute approximate surface area is 180 Å². The number of benzene rings is 1. The summed E-state index contributed by atoms with van der Waals surface area (Å²) in [5.74, 6) is -0.0505. The summed E-state index contributed by atoms with van der Waals surface area (Å²) in [6, 6.07) is 11.3. The second-order valence-electron chi connectivity index (χ2n) is 6.81. The Balaban J connectivity index is 1.29. The first-order valence-corrected chi connectivity index (χ1v) is 10.3. The van der Waals surface area contributed by atoms with Crippen molar-refractivity contribution in [2.75, 3.05) is 0 Å². The van der Waals surface area contributed by atoms with Crippen LogP contribution in [0.3, 0.4) is 0 Å². The molecule has 0 saturated heterocycles. The molecule has 1 N–H and O–H groups in total. The molecule has 0 radical (unpaired) electrons. The van der Waals surface area contributed by atoms with E-state index in [2.05, 4.69) is 25.6 Å². The van der Waals surface area contributed by atoms with E-state index in [1.807, 2.05) is 17.5 Å². The highest BCUT2D eigenvalue weighted by Gasteiger charge is 2.15. The molecule has 0 fully saturated rings. The fourth-order valence-corrected chi connectivity index (χ4v) is 4.18. The van der Waals surface area contributed by atoms with Gasteiger partial charge in [-0.1, -0.05) is 11.3 Å². The van der Waals surface area contributed by atoms with E-state index in [0.717, 1.165) is 26.8 Å². The zero-order valence-corrected chi connectivity index (χ0v) is 17.2. The minimum Gasteiger partial charge on any atom is -0.346 e. The molecule has 1 amide bonds. The molecule has 8 nitrogen and oxygen atoms in total. The molecule has 5 rings (SSSR count). The van der Waals surface area contributed by atoms with Gasteiger partial charge in [0.25, 0.3) is 5.91 Å². The summed E-state index contributed by atoms with van der Waals surface area (Å²) in [6.45, 7) is 2.33. The van der Waals surface area contributed by atoms with Crippen molar-refractivity contribution >= 4 is 22.2 Å². The van der Waals surface area contributed by atoms with Crippen molar-refractivity contribution < 1.29 is 9.18 Å². The average Bonchev–Trinajstić information content (AvgIpc) is 3.52. The molecule has 1 aromatic carbocycles. The molecular weight excluding hydrogens is 417 g/mol. The largest absolute Gasteiger partial charge is 0.346 e. The standard InChI is InChI=1S/C21H16FN7OS/c1-13-18(31-21-25-17(12-28(13)21)14-3-5-15(22)6-4-14)11-23-20(30)16-7-8-19(27-26-16)29-10-2-9-24-29/h2-10,12H,11H2,1H3,(H,23,30). The van der Waals surface area contributed by atoms with Crippen LogP contribution >= 0.6 is 11.3 Å². The minimum absolute atomic E-state index is 0.230. The van der Waals surface area contributed by atoms with Crippen molar-refractivity contribution in [1.29, 1.82) is 0 Å². The third kappa shape index (κ3) is 3.68. The Kier molecular flexibility index (Phi) is 4.75. The Morgan fingerprint density at radius 2 is 2.00 bits per heavy atom. The van der Waals surface area contributed by atoms with Gasteiger partial charge in [0.2, 0.25) is 0 Å². The molecule has 0 unspecified atom stereocenters. The number of halogens is 1. The monoisotopic (exact) mass is 433 g/mol. The van der Waals surface area contributed by atoms with Crippen molar-refractivity contribution in [3.63, 3.8) is 0 Å². The summed E-state index contributed by atoms with van der Waals surface area (Å²) in [4.78, 5) is 18.9. The topological polar surface area (TPSA) is 90.0 Å². The van der Waals surface area contributed by atoms with E-state index in [1.165, 1.54) is 23.5 Å². The highest BCUT2D eigenvalue weighted by atomic mass is 32.1. The van der Waals surface area contributed by atoms with Gasteiger partial charge in [0.1, 0.15) is 5.82 Å². The molecule has 0 atom stereocenters. The van der Waals surface area contributed by atoms with Gasteiger partial charge >= 0.3 is 0 Å². The van der Waals surface area contributed by atoms with Gasteiger partial charge in [0.05, 0.1) is 12.2 Å². The number of carbonyl (C=O) groups is 1. The molecule has 0 aliphatic heterocycles. The summed E-state index contributed by atoms with van der Waals surface area (Å²) in [5, 5.41) is 15.0. The Hall–Kier alpha value is -3.92. The van der Waals surface area contributed by atoms with Gasteiger partial charge in [-0.25, -0.2) is 14.1 Å². The van der Waals surface area contributed by atoms with Gasteiger partial charge in [0, 0.05) is 34.7 Å². The van der Waals surface area contributed by atoms with E-state index in [0.29, 0.717) is 12.4 Å². The van der Waals surface area contributed by atoms with E-state index in [1.54, 1.807) is 47.4 Å². The third-order valence-electron chi connectivity index (χ3n) is 4.82. The highest BCUT2D eigenvalue weighted by molar-refractivity contribution is 7.17. The Morgan fingerprint density at radius 1 is 1.16 bits per heavy atom. The maximum absolute atomic E-state index is 13.2. The first-order chi connectivity index (χ1) is 15.1. The van der Waals surface area contributed by atoms with Gasteiger partial charge in [-0.2, -0.15) is 5.10 Å². The predicted molar refractivity (Wildman–Crippen MR) is 114 cm³/mol. The van der Waals surface area contributed by atoms with Crippen LogP contribution in [0, 0.1) is 12.7 Å². The van der Waals surface area contributed by atoms with Crippen LogP contribution in [0.25, 0.3) is 22.0 Å². The number of aromatic nitrogens is 6. The number of hydrogen-bond donors (Lipinski definition) is 1. The van der Waals surface area contributed by atoms with Crippen LogP contribution < -0.4 is 5.32 Å². The summed E-state index contributed by atoms with van der Waals surface area (Å²) in [5.41, 5.74) is 2.84. The van der Waals surface area contributed by atoms with Gasteiger partial charge in [0.15, 0.2) is 16.5 Å². The molecule has 4 heterocycles. The maximum atomic E-state index is 13.2. The fourth-order valence-electron chi connectivity index (χ4n) is 3.14. The van der Waals surface area contributed by atoms with Crippen molar-refractivity contribution in [2.45, 2.75) is 13.5 Å². The van der Waals surface area contributed by atoms with Crippen molar-refractivity contribution in [1.82, 2.24) is 34.7 Å². The van der Waals surface area contributed by atoms with Gasteiger partial charge in [-0.3, -0.25) is 9.20 Å². The van der Waals surface area contributed by atoms with Crippen molar-refractivity contribution in [3.8, 4) is 17.1 Å². The molecule has 4 aromatic heterocycles. The third-order valence-corrected chi connectivity index (χ3v) is 5.98. The lowest BCUT2D eigenvalue weighted by Gasteiger charge is -2.05. The van der Waals surface area contributed by atoms with Crippen LogP contribution in [-0.4, -0.2) is 35.3 Å². The number of nitrogens with one attached hydrogen (secondary N) is 1. The molecule has 10 heteroatoms. The zero-order chi connectivity index (χ0) is 21.4. The lowest BCUT2D eigenvalue weighted by molar-refractivity contribution is 0.0945. The van der Waals surface area contributed by atoms with E-state index in [9.17, 15) is 9.18 Å². The second-order valence-corrected chi connectivity index (χ2v) is 7.87. The average molecular weight is 433 g/mol. The molecule has 31 heavy (non-hydrogen) atoms. The smallest absolute Gasteiger partial charge is 0.272 e. The molecule has 0 aliphatic carbocycles. The lowest BCUT2D eigenvalue weighted by Crippen LogP contribution is -2.24. The number of imidazole rings is 1. The highest BCUT2D eigenvalue weighted by Crippen LogP contribution is 2.27. The van der Waals surface area contributed by atoms with Crippen LogP contribution in [0.15, 0.2) is 61.1 Å². The minimum atomic E-state index is -0.308. The molecule has 5 aromatic rings. The lowest BCUT2D eigenvalue weighted by atomic mass is 10.2. The summed E-state index contributed by atoms with van der Waals surface area (Å²) in [7, 11) is 0. The Bertz CT molecular complexity index is 1360. The van der Waals surface area contributed by atoms with Crippen molar-refractivity contribution in [2.24, 2.45) is 0 Å². The molecule has 0 bridgehead atoms. The number of aryl methyl sites for hydroxylation is 1. The van der Waals surface area contributed by atoms with Gasteiger partial charge in [-0.15, -0.1) is 10.2 Å². The molecule has 0 spiro atoms. The number of amides is 1. The SMILES string of the molecule is Cc1c(CNC(=O)c2ccc(-n3cccn3)nn2)sc2nc(-c3ccc(F)cc3)cn12. The predicted octanol–water partition coefficient (Wildman–Crippen LogP) is 3.42. The van der Waals surface area contributed by atoms with E-state index in [-0.39, 0.29) is 17.4 Å². The number of fused-ring (bicyclic) bond motifs is 1. The number of nitrogens with zero attached hydrogens (tertiary/aromatic N) is 6. The van der Waals surface area contributed by atoms with Crippen LogP contribution in [0.4, 0.5) is 4.39 Å². The van der Waals surface area contributed by atoms with E-state index >= 15 is 0 Å². The van der Waals surface area contributed by atoms with Gasteiger partial charge in [-0.05, 0) is 49.4 Å². The van der Waals surface area contributed by atoms with Crippen LogP contribution in [0.2, 0.25) is 0 Å². The first-order valence-electron chi connectivity index (χ1n) is 9.44. The summed E-state index contributed by atoms with van der Waals surface area (Å²) >= 11 is 1.50. The van der Waals surface area contributed by atoms with Crippen LogP contribution in [0.1, 0.15) is 21.1 Å². The first kappa shape index (κ1) is 19.1. The number of carbonyl (C=O) groups excluding carboxylic acids is 1. The quantitative estimate of drug-likeness (QED) is 0.459. The molecular formula is C21H16FN7OS. The second kappa shape index (κ2) is 7.73. The van der Waals surface area contributed by atoms with E-state index in [4.69, 9.17) is 0 Å². The Morgan fingerprint density at radius 3 is 2.68 bits per heavy atom. The maximum Gasteiger partial charge on any atom is 0.272 e. The van der Waals surface area contributed by atoms with Crippen molar-refractivity contribution in [3.05, 3.63) is 83.1 Å². The number of thiazole rings is 1. The number of hydrogen-bond acceptors (Lipinski definition) is 6. The molecule has 154 valence electrons. The number of rotatable bonds is 5. The molecule has 0 aliphatic rings. The zero-order valence-electron chi connectivity index (χ0n) is 16.4. The fraction of sp³-hybridized carbons (Fsp3) is 0.0952. The molecule has 0 saturated carbocycles. The van der Waals surface area contributed by atoms with Crippen LogP contribution in [-0.2, 0) is 6.54 Å². The van der Waals surface area contributed by atoms with Crippen LogP contribution in [0.5, 0.6) is 0 Å². The van der Waals surface area contributed by atoms with E-state index < -0.39 is 0 Å². The summed E-state index contributed by atoms with van der Waals surface area (Å²) in [6.07, 6.45) is 5.31. The summed E-state index contributed by atoms with van der Waals surface area (Å²) < 4.78 is 16.7. The normalized spacial score (nSPS) is 11.2. The van der Waals surface area contributed by atoms with Gasteiger partial charge < -0.3 is 5.32 Å².